The lowest BCUT2D eigenvalue weighted by Gasteiger charge is -2.44. The Labute approximate surface area is 157 Å². The van der Waals surface area contributed by atoms with Crippen molar-refractivity contribution in [2.75, 3.05) is 13.2 Å². The summed E-state index contributed by atoms with van der Waals surface area (Å²) in [5.74, 6) is -0.653. The largest absolute Gasteiger partial charge is 0.347 e. The van der Waals surface area contributed by atoms with Crippen LogP contribution in [0, 0.1) is 40.0 Å². The van der Waals surface area contributed by atoms with Crippen molar-refractivity contribution in [2.24, 2.45) is 5.41 Å². The first kappa shape index (κ1) is 19.1. The van der Waals surface area contributed by atoms with E-state index < -0.39 is 5.79 Å². The molecule has 2 aromatic rings. The van der Waals surface area contributed by atoms with Gasteiger partial charge in [0, 0.05) is 24.2 Å². The summed E-state index contributed by atoms with van der Waals surface area (Å²) in [5, 5.41) is 0. The maximum atomic E-state index is 6.41. The molecule has 1 aliphatic rings. The van der Waals surface area contributed by atoms with Crippen LogP contribution in [-0.4, -0.2) is 28.6 Å². The van der Waals surface area contributed by atoms with Gasteiger partial charge in [-0.3, -0.25) is 0 Å². The SMILES string of the molecule is Cc1c(C)c(C)c(CC2(Cn3ccnc3)OCC(C)(C)CO2)c(C)c1C. The molecule has 1 fully saturated rings. The van der Waals surface area contributed by atoms with Crippen LogP contribution in [0.3, 0.4) is 0 Å². The van der Waals surface area contributed by atoms with E-state index in [1.54, 1.807) is 6.20 Å². The minimum absolute atomic E-state index is 0.0433. The molecule has 0 radical (unpaired) electrons. The van der Waals surface area contributed by atoms with Crippen LogP contribution in [0.4, 0.5) is 0 Å². The molecule has 26 heavy (non-hydrogen) atoms. The average molecular weight is 357 g/mol. The molecule has 142 valence electrons. The first-order valence-corrected chi connectivity index (χ1v) is 9.44. The molecule has 1 saturated heterocycles. The Morgan fingerprint density at radius 1 is 0.923 bits per heavy atom. The molecule has 1 aromatic carbocycles. The van der Waals surface area contributed by atoms with Gasteiger partial charge in [0.15, 0.2) is 5.79 Å². The van der Waals surface area contributed by atoms with Crippen LogP contribution in [0.15, 0.2) is 18.7 Å². The first-order chi connectivity index (χ1) is 12.1. The summed E-state index contributed by atoms with van der Waals surface area (Å²) in [6, 6.07) is 0. The lowest BCUT2D eigenvalue weighted by molar-refractivity contribution is -0.304. The molecule has 1 aliphatic heterocycles. The Hall–Kier alpha value is -1.65. The van der Waals surface area contributed by atoms with Crippen molar-refractivity contribution in [3.05, 3.63) is 52.1 Å². The van der Waals surface area contributed by atoms with Crippen molar-refractivity contribution < 1.29 is 9.47 Å². The highest BCUT2D eigenvalue weighted by Gasteiger charge is 2.42. The van der Waals surface area contributed by atoms with E-state index in [1.165, 1.54) is 33.4 Å². The minimum Gasteiger partial charge on any atom is -0.347 e. The van der Waals surface area contributed by atoms with Crippen LogP contribution in [-0.2, 0) is 22.4 Å². The number of imidazole rings is 1. The van der Waals surface area contributed by atoms with Gasteiger partial charge in [0.05, 0.1) is 26.1 Å². The Bertz CT molecular complexity index is 752. The summed E-state index contributed by atoms with van der Waals surface area (Å²) in [6.45, 7) is 17.5. The van der Waals surface area contributed by atoms with Crippen LogP contribution in [0.25, 0.3) is 0 Å². The van der Waals surface area contributed by atoms with Gasteiger partial charge < -0.3 is 14.0 Å². The molecule has 2 heterocycles. The van der Waals surface area contributed by atoms with Gasteiger partial charge in [-0.05, 0) is 68.0 Å². The van der Waals surface area contributed by atoms with Crippen molar-refractivity contribution >= 4 is 0 Å². The fourth-order valence-electron chi connectivity index (χ4n) is 3.76. The zero-order valence-corrected chi connectivity index (χ0v) is 17.3. The maximum absolute atomic E-state index is 6.41. The maximum Gasteiger partial charge on any atom is 0.190 e. The van der Waals surface area contributed by atoms with Crippen molar-refractivity contribution in [3.63, 3.8) is 0 Å². The summed E-state index contributed by atoms with van der Waals surface area (Å²) in [4.78, 5) is 4.18. The van der Waals surface area contributed by atoms with E-state index in [1.807, 2.05) is 12.5 Å². The Balaban J connectivity index is 1.99. The fourth-order valence-corrected chi connectivity index (χ4v) is 3.76. The Kier molecular flexibility index (Phi) is 5.02. The summed E-state index contributed by atoms with van der Waals surface area (Å²) < 4.78 is 14.9. The summed E-state index contributed by atoms with van der Waals surface area (Å²) >= 11 is 0. The van der Waals surface area contributed by atoms with Gasteiger partial charge in [-0.1, -0.05) is 13.8 Å². The van der Waals surface area contributed by atoms with Crippen molar-refractivity contribution in [2.45, 2.75) is 67.2 Å². The van der Waals surface area contributed by atoms with E-state index in [0.717, 1.165) is 6.42 Å². The molecule has 0 unspecified atom stereocenters. The summed E-state index contributed by atoms with van der Waals surface area (Å²) in [5.41, 5.74) is 8.24. The van der Waals surface area contributed by atoms with Gasteiger partial charge in [-0.25, -0.2) is 4.98 Å². The molecule has 4 nitrogen and oxygen atoms in total. The second-order valence-corrected chi connectivity index (χ2v) is 8.67. The molecule has 0 amide bonds. The van der Waals surface area contributed by atoms with Crippen LogP contribution < -0.4 is 0 Å². The van der Waals surface area contributed by atoms with Crippen LogP contribution in [0.1, 0.15) is 47.2 Å². The zero-order valence-electron chi connectivity index (χ0n) is 17.3. The zero-order chi connectivity index (χ0) is 19.1. The van der Waals surface area contributed by atoms with Crippen molar-refractivity contribution in [1.82, 2.24) is 9.55 Å². The second kappa shape index (κ2) is 6.82. The highest BCUT2D eigenvalue weighted by molar-refractivity contribution is 5.49. The molecule has 0 atom stereocenters. The van der Waals surface area contributed by atoms with Crippen LogP contribution in [0.2, 0.25) is 0 Å². The summed E-state index contributed by atoms with van der Waals surface area (Å²) in [6.07, 6.45) is 6.36. The van der Waals surface area contributed by atoms with Crippen molar-refractivity contribution in [1.29, 1.82) is 0 Å². The first-order valence-electron chi connectivity index (χ1n) is 9.44. The number of hydrogen-bond acceptors (Lipinski definition) is 3. The van der Waals surface area contributed by atoms with E-state index in [9.17, 15) is 0 Å². The van der Waals surface area contributed by atoms with Crippen LogP contribution >= 0.6 is 0 Å². The minimum atomic E-state index is -0.653. The fraction of sp³-hybridized carbons (Fsp3) is 0.591. The molecule has 0 bridgehead atoms. The number of benzene rings is 1. The topological polar surface area (TPSA) is 36.3 Å². The van der Waals surface area contributed by atoms with Gasteiger partial charge in [-0.15, -0.1) is 0 Å². The normalized spacial score (nSPS) is 18.9. The third kappa shape index (κ3) is 3.58. The molecule has 0 aliphatic carbocycles. The molecule has 1 aromatic heterocycles. The number of rotatable bonds is 4. The van der Waals surface area contributed by atoms with E-state index in [0.29, 0.717) is 19.8 Å². The van der Waals surface area contributed by atoms with E-state index in [4.69, 9.17) is 9.47 Å². The standard InChI is InChI=1S/C22H32N2O2/c1-15-16(2)18(4)20(19(5)17(15)3)10-22(11-24-9-8-23-14-24)25-12-21(6,7)13-26-22/h8-9,14H,10-13H2,1-7H3. The quantitative estimate of drug-likeness (QED) is 0.813. The predicted molar refractivity (Wildman–Crippen MR) is 104 cm³/mol. The monoisotopic (exact) mass is 356 g/mol. The summed E-state index contributed by atoms with van der Waals surface area (Å²) in [7, 11) is 0. The Morgan fingerprint density at radius 2 is 1.46 bits per heavy atom. The number of ether oxygens (including phenoxy) is 2. The average Bonchev–Trinajstić information content (AvgIpc) is 3.11. The number of nitrogens with zero attached hydrogens (tertiary/aromatic N) is 2. The highest BCUT2D eigenvalue weighted by Crippen LogP contribution is 2.36. The third-order valence-corrected chi connectivity index (χ3v) is 6.04. The molecule has 4 heteroatoms. The molecular weight excluding hydrogens is 324 g/mol. The van der Waals surface area contributed by atoms with E-state index in [-0.39, 0.29) is 5.41 Å². The smallest absolute Gasteiger partial charge is 0.190 e. The van der Waals surface area contributed by atoms with Crippen LogP contribution in [0.5, 0.6) is 0 Å². The van der Waals surface area contributed by atoms with Crippen molar-refractivity contribution in [3.8, 4) is 0 Å². The number of aromatic nitrogens is 2. The lowest BCUT2D eigenvalue weighted by Crippen LogP contribution is -2.51. The lowest BCUT2D eigenvalue weighted by atomic mass is 9.85. The van der Waals surface area contributed by atoms with Gasteiger partial charge in [0.1, 0.15) is 0 Å². The predicted octanol–water partition coefficient (Wildman–Crippen LogP) is 4.44. The molecule has 0 spiro atoms. The molecule has 0 N–H and O–H groups in total. The van der Waals surface area contributed by atoms with Gasteiger partial charge in [0.25, 0.3) is 0 Å². The van der Waals surface area contributed by atoms with E-state index in [2.05, 4.69) is 58.0 Å². The molecule has 3 rings (SSSR count). The Morgan fingerprint density at radius 3 is 1.96 bits per heavy atom. The molecule has 0 saturated carbocycles. The highest BCUT2D eigenvalue weighted by atomic mass is 16.7. The third-order valence-electron chi connectivity index (χ3n) is 6.04. The van der Waals surface area contributed by atoms with Gasteiger partial charge >= 0.3 is 0 Å². The number of hydrogen-bond donors (Lipinski definition) is 0. The van der Waals surface area contributed by atoms with E-state index >= 15 is 0 Å². The second-order valence-electron chi connectivity index (χ2n) is 8.67. The van der Waals surface area contributed by atoms with Gasteiger partial charge in [0.2, 0.25) is 0 Å². The molecular formula is C22H32N2O2. The van der Waals surface area contributed by atoms with Gasteiger partial charge in [-0.2, -0.15) is 0 Å².